The molecule has 1 aromatic carbocycles. The molecule has 138 valence electrons. The summed E-state index contributed by atoms with van der Waals surface area (Å²) in [6, 6.07) is 8.99. The number of carbonyl (C=O) groups is 2. The van der Waals surface area contributed by atoms with Crippen LogP contribution >= 0.6 is 11.3 Å². The van der Waals surface area contributed by atoms with Gasteiger partial charge in [-0.1, -0.05) is 6.07 Å². The van der Waals surface area contributed by atoms with Gasteiger partial charge in [-0.15, -0.1) is 0 Å². The molecule has 3 amide bonds. The van der Waals surface area contributed by atoms with Crippen LogP contribution in [0, 0.1) is 5.92 Å². The fourth-order valence-corrected chi connectivity index (χ4v) is 3.71. The van der Waals surface area contributed by atoms with Crippen LogP contribution in [0.3, 0.4) is 0 Å². The number of amides is 3. The molecule has 7 heteroatoms. The first kappa shape index (κ1) is 18.4. The van der Waals surface area contributed by atoms with Crippen molar-refractivity contribution in [3.8, 4) is 0 Å². The lowest BCUT2D eigenvalue weighted by Gasteiger charge is -2.17. The molecule has 0 bridgehead atoms. The zero-order valence-corrected chi connectivity index (χ0v) is 15.3. The molecule has 3 N–H and O–H groups in total. The number of nitrogens with one attached hydrogen (secondary N) is 2. The number of aliphatic hydroxyl groups excluding tert-OH is 1. The largest absolute Gasteiger partial charge is 0.396 e. The summed E-state index contributed by atoms with van der Waals surface area (Å²) in [5.41, 5.74) is 2.60. The minimum atomic E-state index is -0.321. The molecule has 0 saturated carbocycles. The molecule has 2 aromatic rings. The minimum Gasteiger partial charge on any atom is -0.396 e. The van der Waals surface area contributed by atoms with E-state index in [-0.39, 0.29) is 24.5 Å². The van der Waals surface area contributed by atoms with E-state index >= 15 is 0 Å². The normalized spacial score (nSPS) is 15.1. The van der Waals surface area contributed by atoms with Gasteiger partial charge < -0.3 is 20.6 Å². The molecular weight excluding hydrogens is 350 g/mol. The molecule has 0 spiro atoms. The van der Waals surface area contributed by atoms with Crippen molar-refractivity contribution in [2.24, 2.45) is 5.92 Å². The summed E-state index contributed by atoms with van der Waals surface area (Å²) in [5, 5.41) is 19.2. The third-order valence-corrected chi connectivity index (χ3v) is 5.14. The van der Waals surface area contributed by atoms with Crippen LogP contribution in [0.5, 0.6) is 0 Å². The smallest absolute Gasteiger partial charge is 0.319 e. The van der Waals surface area contributed by atoms with Gasteiger partial charge in [-0.05, 0) is 53.4 Å². The maximum atomic E-state index is 12.1. The zero-order chi connectivity index (χ0) is 18.4. The first-order valence-corrected chi connectivity index (χ1v) is 9.67. The average molecular weight is 373 g/mol. The Morgan fingerprint density at radius 3 is 2.92 bits per heavy atom. The molecule has 0 radical (unpaired) electrons. The molecule has 0 unspecified atom stereocenters. The van der Waals surface area contributed by atoms with E-state index in [1.54, 1.807) is 28.4 Å². The second-order valence-electron chi connectivity index (χ2n) is 6.42. The third-order valence-electron chi connectivity index (χ3n) is 4.40. The monoisotopic (exact) mass is 373 g/mol. The molecule has 26 heavy (non-hydrogen) atoms. The van der Waals surface area contributed by atoms with Gasteiger partial charge in [-0.25, -0.2) is 4.79 Å². The lowest BCUT2D eigenvalue weighted by Crippen LogP contribution is -2.35. The standard InChI is InChI=1S/C19H23N3O3S/c23-12-15(9-14-6-8-26-13-14)11-20-19(25)21-16-3-1-4-17(10-16)22-7-2-5-18(22)24/h1,3-4,6,8,10,13,15,23H,2,5,7,9,11-12H2,(H2,20,21,25)/t15-/m0/s1. The Labute approximate surface area is 156 Å². The van der Waals surface area contributed by atoms with E-state index in [2.05, 4.69) is 10.6 Å². The van der Waals surface area contributed by atoms with Crippen molar-refractivity contribution in [2.75, 3.05) is 29.9 Å². The number of hydrogen-bond donors (Lipinski definition) is 3. The van der Waals surface area contributed by atoms with Gasteiger partial charge in [-0.2, -0.15) is 11.3 Å². The summed E-state index contributed by atoms with van der Waals surface area (Å²) < 4.78 is 0. The SMILES string of the molecule is O=C(NC[C@@H](CO)Cc1ccsc1)Nc1cccc(N2CCCC2=O)c1. The number of rotatable bonds is 7. The van der Waals surface area contributed by atoms with E-state index < -0.39 is 0 Å². The van der Waals surface area contributed by atoms with E-state index in [9.17, 15) is 14.7 Å². The van der Waals surface area contributed by atoms with E-state index in [1.165, 1.54) is 5.56 Å². The van der Waals surface area contributed by atoms with Crippen molar-refractivity contribution in [3.05, 3.63) is 46.7 Å². The van der Waals surface area contributed by atoms with Crippen LogP contribution in [0.1, 0.15) is 18.4 Å². The fourth-order valence-electron chi connectivity index (χ4n) is 3.03. The third kappa shape index (κ3) is 4.83. The number of nitrogens with zero attached hydrogens (tertiary/aromatic N) is 1. The van der Waals surface area contributed by atoms with Crippen LogP contribution in [0.4, 0.5) is 16.2 Å². The maximum absolute atomic E-state index is 12.1. The van der Waals surface area contributed by atoms with Crippen molar-refractivity contribution in [2.45, 2.75) is 19.3 Å². The van der Waals surface area contributed by atoms with Gasteiger partial charge in [0.25, 0.3) is 0 Å². The van der Waals surface area contributed by atoms with Crippen molar-refractivity contribution in [3.63, 3.8) is 0 Å². The van der Waals surface area contributed by atoms with Gasteiger partial charge >= 0.3 is 6.03 Å². The molecule has 0 aliphatic carbocycles. The lowest BCUT2D eigenvalue weighted by molar-refractivity contribution is -0.117. The average Bonchev–Trinajstić information content (AvgIpc) is 3.30. The van der Waals surface area contributed by atoms with Crippen LogP contribution in [0.2, 0.25) is 0 Å². The number of aliphatic hydroxyl groups is 1. The topological polar surface area (TPSA) is 81.7 Å². The summed E-state index contributed by atoms with van der Waals surface area (Å²) in [4.78, 5) is 25.7. The van der Waals surface area contributed by atoms with Crippen molar-refractivity contribution in [1.29, 1.82) is 0 Å². The quantitative estimate of drug-likeness (QED) is 0.698. The number of carbonyl (C=O) groups excluding carboxylic acids is 2. The fraction of sp³-hybridized carbons (Fsp3) is 0.368. The first-order chi connectivity index (χ1) is 12.7. The van der Waals surface area contributed by atoms with Crippen LogP contribution < -0.4 is 15.5 Å². The molecular formula is C19H23N3O3S. The van der Waals surface area contributed by atoms with Crippen molar-refractivity contribution >= 4 is 34.6 Å². The van der Waals surface area contributed by atoms with E-state index in [4.69, 9.17) is 0 Å². The van der Waals surface area contributed by atoms with Crippen LogP contribution in [-0.2, 0) is 11.2 Å². The first-order valence-electron chi connectivity index (χ1n) is 8.73. The molecule has 1 aliphatic heterocycles. The van der Waals surface area contributed by atoms with Gasteiger partial charge in [0.2, 0.25) is 5.91 Å². The summed E-state index contributed by atoms with van der Waals surface area (Å²) in [7, 11) is 0. The lowest BCUT2D eigenvalue weighted by atomic mass is 10.0. The maximum Gasteiger partial charge on any atom is 0.319 e. The van der Waals surface area contributed by atoms with Gasteiger partial charge in [0.05, 0.1) is 0 Å². The number of benzene rings is 1. The summed E-state index contributed by atoms with van der Waals surface area (Å²) >= 11 is 1.62. The summed E-state index contributed by atoms with van der Waals surface area (Å²) in [5.74, 6) is 0.0923. The molecule has 1 saturated heterocycles. The molecule has 3 rings (SSSR count). The Bertz CT molecular complexity index is 748. The van der Waals surface area contributed by atoms with Gasteiger partial charge in [0, 0.05) is 43.4 Å². The Morgan fingerprint density at radius 2 is 2.23 bits per heavy atom. The zero-order valence-electron chi connectivity index (χ0n) is 14.5. The second-order valence-corrected chi connectivity index (χ2v) is 7.20. The highest BCUT2D eigenvalue weighted by atomic mass is 32.1. The molecule has 1 aliphatic rings. The molecule has 1 fully saturated rings. The second kappa shape index (κ2) is 8.82. The summed E-state index contributed by atoms with van der Waals surface area (Å²) in [6.07, 6.45) is 2.17. The number of hydrogen-bond acceptors (Lipinski definition) is 4. The number of urea groups is 1. The molecule has 1 aromatic heterocycles. The van der Waals surface area contributed by atoms with Crippen LogP contribution in [-0.4, -0.2) is 36.7 Å². The van der Waals surface area contributed by atoms with Crippen LogP contribution in [0.15, 0.2) is 41.1 Å². The van der Waals surface area contributed by atoms with Gasteiger partial charge in [0.1, 0.15) is 0 Å². The Balaban J connectivity index is 1.52. The van der Waals surface area contributed by atoms with Gasteiger partial charge in [0.15, 0.2) is 0 Å². The Morgan fingerprint density at radius 1 is 1.35 bits per heavy atom. The highest BCUT2D eigenvalue weighted by molar-refractivity contribution is 7.07. The van der Waals surface area contributed by atoms with E-state index in [0.717, 1.165) is 25.1 Å². The van der Waals surface area contributed by atoms with Crippen LogP contribution in [0.25, 0.3) is 0 Å². The summed E-state index contributed by atoms with van der Waals surface area (Å²) in [6.45, 7) is 1.13. The minimum absolute atomic E-state index is 0.0166. The number of thiophene rings is 1. The Kier molecular flexibility index (Phi) is 6.25. The predicted octanol–water partition coefficient (Wildman–Crippen LogP) is 2.85. The molecule has 2 heterocycles. The predicted molar refractivity (Wildman–Crippen MR) is 104 cm³/mol. The van der Waals surface area contributed by atoms with E-state index in [1.807, 2.05) is 29.0 Å². The number of anilines is 2. The highest BCUT2D eigenvalue weighted by Crippen LogP contribution is 2.24. The van der Waals surface area contributed by atoms with E-state index in [0.29, 0.717) is 18.7 Å². The van der Waals surface area contributed by atoms with Gasteiger partial charge in [-0.3, -0.25) is 4.79 Å². The Hall–Kier alpha value is -2.38. The molecule has 1 atom stereocenters. The van der Waals surface area contributed by atoms with Crippen molar-refractivity contribution in [1.82, 2.24) is 5.32 Å². The molecule has 6 nitrogen and oxygen atoms in total. The van der Waals surface area contributed by atoms with Crippen molar-refractivity contribution < 1.29 is 14.7 Å². The highest BCUT2D eigenvalue weighted by Gasteiger charge is 2.21.